The van der Waals surface area contributed by atoms with Crippen LogP contribution < -0.4 is 15.9 Å². The summed E-state index contributed by atoms with van der Waals surface area (Å²) < 4.78 is 35.1. The Morgan fingerprint density at radius 2 is 1.74 bits per heavy atom. The number of rotatable bonds is 6. The van der Waals surface area contributed by atoms with Gasteiger partial charge in [-0.15, -0.1) is 0 Å². The number of hydrogen-bond donors (Lipinski definition) is 1. The first-order chi connectivity index (χ1) is 17.8. The van der Waals surface area contributed by atoms with Crippen molar-refractivity contribution in [2.75, 3.05) is 0 Å². The van der Waals surface area contributed by atoms with Gasteiger partial charge < -0.3 is 9.84 Å². The Kier molecular flexibility index (Phi) is 7.42. The maximum Gasteiger partial charge on any atom is 0.277 e. The van der Waals surface area contributed by atoms with Gasteiger partial charge in [0, 0.05) is 36.3 Å². The zero-order valence-electron chi connectivity index (χ0n) is 20.7. The number of nitrogens with zero attached hydrogens (tertiary/aromatic N) is 4. The highest BCUT2D eigenvalue weighted by molar-refractivity contribution is 6.31. The number of pyridine rings is 4. The molecule has 38 heavy (non-hydrogen) atoms. The van der Waals surface area contributed by atoms with E-state index in [1.807, 2.05) is 0 Å². The lowest BCUT2D eigenvalue weighted by molar-refractivity contribution is 0.0768. The van der Waals surface area contributed by atoms with Gasteiger partial charge >= 0.3 is 0 Å². The number of hydrogen-bond acceptors (Lipinski definition) is 6. The molecule has 0 fully saturated rings. The van der Waals surface area contributed by atoms with E-state index in [4.69, 9.17) is 27.9 Å². The van der Waals surface area contributed by atoms with Crippen LogP contribution in [0, 0.1) is 25.5 Å². The molecule has 0 saturated carbocycles. The van der Waals surface area contributed by atoms with Gasteiger partial charge in [-0.3, -0.25) is 23.7 Å². The molecule has 0 amide bonds. The van der Waals surface area contributed by atoms with E-state index < -0.39 is 28.4 Å². The van der Waals surface area contributed by atoms with Crippen LogP contribution >= 0.6 is 23.2 Å². The van der Waals surface area contributed by atoms with Crippen molar-refractivity contribution in [1.29, 1.82) is 0 Å². The van der Waals surface area contributed by atoms with Crippen LogP contribution in [0.3, 0.4) is 0 Å². The summed E-state index contributed by atoms with van der Waals surface area (Å²) in [5.41, 5.74) is -1.32. The molecular formula is C26H22Cl2F2N4O4. The van der Waals surface area contributed by atoms with Crippen LogP contribution in [0.5, 0.6) is 5.75 Å². The molecule has 0 aliphatic heterocycles. The molecule has 0 atom stereocenters. The standard InChI is InChI=1S/C26H22Cl2F2N4O4/c1-13-9-32-22(33-11-15(27)6-17(24(33)35)26(3,4)37)8-20(13)34-14(2)5-21(23(28)25(34)36)38-12-19-18(30)7-16(29)10-31-19/h5-11,37H,12H2,1-4H3. The predicted octanol–water partition coefficient (Wildman–Crippen LogP) is 4.79. The topological polar surface area (TPSA) is 99.2 Å². The molecule has 12 heteroatoms. The van der Waals surface area contributed by atoms with E-state index >= 15 is 0 Å². The molecule has 198 valence electrons. The normalized spacial score (nSPS) is 11.6. The Hall–Kier alpha value is -3.60. The maximum atomic E-state index is 13.9. The zero-order valence-corrected chi connectivity index (χ0v) is 22.2. The highest BCUT2D eigenvalue weighted by Gasteiger charge is 2.23. The van der Waals surface area contributed by atoms with Gasteiger partial charge in [0.25, 0.3) is 11.1 Å². The molecule has 4 rings (SSSR count). The fraction of sp³-hybridized carbons (Fsp3) is 0.231. The first-order valence-electron chi connectivity index (χ1n) is 11.2. The lowest BCUT2D eigenvalue weighted by Gasteiger charge is -2.20. The van der Waals surface area contributed by atoms with Crippen LogP contribution in [0.2, 0.25) is 10.0 Å². The van der Waals surface area contributed by atoms with Gasteiger partial charge in [0.15, 0.2) is 5.82 Å². The van der Waals surface area contributed by atoms with E-state index in [0.717, 1.165) is 6.20 Å². The smallest absolute Gasteiger partial charge is 0.277 e. The number of aliphatic hydroxyl groups is 1. The molecule has 0 radical (unpaired) electrons. The molecule has 0 saturated heterocycles. The van der Waals surface area contributed by atoms with Crippen LogP contribution in [0.1, 0.15) is 36.4 Å². The minimum Gasteiger partial charge on any atom is -0.485 e. The summed E-state index contributed by atoms with van der Waals surface area (Å²) >= 11 is 12.5. The molecule has 0 unspecified atom stereocenters. The van der Waals surface area contributed by atoms with Crippen molar-refractivity contribution < 1.29 is 18.6 Å². The summed E-state index contributed by atoms with van der Waals surface area (Å²) in [5, 5.41) is 10.3. The molecular weight excluding hydrogens is 541 g/mol. The first-order valence-corrected chi connectivity index (χ1v) is 12.0. The second kappa shape index (κ2) is 10.3. The van der Waals surface area contributed by atoms with Gasteiger partial charge in [-0.2, -0.15) is 0 Å². The third kappa shape index (κ3) is 5.33. The van der Waals surface area contributed by atoms with Gasteiger partial charge in [0.1, 0.15) is 34.7 Å². The van der Waals surface area contributed by atoms with Crippen molar-refractivity contribution in [3.05, 3.63) is 108 Å². The van der Waals surface area contributed by atoms with Gasteiger partial charge in [-0.05, 0) is 39.3 Å². The number of aromatic nitrogens is 4. The van der Waals surface area contributed by atoms with Gasteiger partial charge in [0.2, 0.25) is 0 Å². The maximum absolute atomic E-state index is 13.9. The molecule has 4 heterocycles. The lowest BCUT2D eigenvalue weighted by Crippen LogP contribution is -2.31. The summed E-state index contributed by atoms with van der Waals surface area (Å²) in [6.07, 6.45) is 3.70. The highest BCUT2D eigenvalue weighted by atomic mass is 35.5. The monoisotopic (exact) mass is 562 g/mol. The van der Waals surface area contributed by atoms with Crippen molar-refractivity contribution in [3.8, 4) is 17.3 Å². The van der Waals surface area contributed by atoms with Crippen molar-refractivity contribution >= 4 is 23.2 Å². The fourth-order valence-electron chi connectivity index (χ4n) is 3.81. The van der Waals surface area contributed by atoms with E-state index in [-0.39, 0.29) is 39.5 Å². The molecule has 0 aliphatic carbocycles. The molecule has 0 bridgehead atoms. The molecule has 8 nitrogen and oxygen atoms in total. The van der Waals surface area contributed by atoms with Crippen LogP contribution in [0.4, 0.5) is 8.78 Å². The Morgan fingerprint density at radius 1 is 1.03 bits per heavy atom. The summed E-state index contributed by atoms with van der Waals surface area (Å²) in [4.78, 5) is 34.4. The van der Waals surface area contributed by atoms with Crippen molar-refractivity contribution in [1.82, 2.24) is 19.1 Å². The van der Waals surface area contributed by atoms with Crippen LogP contribution in [0.25, 0.3) is 11.5 Å². The Balaban J connectivity index is 1.78. The minimum absolute atomic E-state index is 0.0104. The predicted molar refractivity (Wildman–Crippen MR) is 139 cm³/mol. The van der Waals surface area contributed by atoms with Gasteiger partial charge in [-0.25, -0.2) is 13.8 Å². The van der Waals surface area contributed by atoms with E-state index in [1.165, 1.54) is 53.6 Å². The van der Waals surface area contributed by atoms with Crippen molar-refractivity contribution in [2.24, 2.45) is 0 Å². The number of aryl methyl sites for hydroxylation is 2. The third-order valence-electron chi connectivity index (χ3n) is 5.74. The van der Waals surface area contributed by atoms with E-state index in [0.29, 0.717) is 23.0 Å². The van der Waals surface area contributed by atoms with E-state index in [1.54, 1.807) is 13.8 Å². The second-order valence-electron chi connectivity index (χ2n) is 9.11. The van der Waals surface area contributed by atoms with E-state index in [2.05, 4.69) is 9.97 Å². The fourth-order valence-corrected chi connectivity index (χ4v) is 4.21. The minimum atomic E-state index is -1.46. The van der Waals surface area contributed by atoms with E-state index in [9.17, 15) is 23.5 Å². The average molecular weight is 563 g/mol. The van der Waals surface area contributed by atoms with Crippen LogP contribution in [-0.4, -0.2) is 24.2 Å². The molecule has 1 N–H and O–H groups in total. The Labute approximate surface area is 225 Å². The molecule has 0 aliphatic rings. The van der Waals surface area contributed by atoms with Crippen molar-refractivity contribution in [2.45, 2.75) is 39.9 Å². The number of halogens is 4. The molecule has 4 aromatic rings. The van der Waals surface area contributed by atoms with Crippen LogP contribution in [-0.2, 0) is 12.2 Å². The van der Waals surface area contributed by atoms with Gasteiger partial charge in [0.05, 0.1) is 28.1 Å². The second-order valence-corrected chi connectivity index (χ2v) is 9.92. The molecule has 0 aromatic carbocycles. The van der Waals surface area contributed by atoms with Gasteiger partial charge in [-0.1, -0.05) is 23.2 Å². The molecule has 0 spiro atoms. The largest absolute Gasteiger partial charge is 0.485 e. The van der Waals surface area contributed by atoms with Crippen molar-refractivity contribution in [3.63, 3.8) is 0 Å². The summed E-state index contributed by atoms with van der Waals surface area (Å²) in [5.74, 6) is -1.57. The summed E-state index contributed by atoms with van der Waals surface area (Å²) in [6.45, 7) is 5.91. The Bertz CT molecular complexity index is 1680. The summed E-state index contributed by atoms with van der Waals surface area (Å²) in [6, 6.07) is 5.07. The zero-order chi connectivity index (χ0) is 27.9. The Morgan fingerprint density at radius 3 is 2.39 bits per heavy atom. The number of ether oxygens (including phenoxy) is 1. The first kappa shape index (κ1) is 27.4. The van der Waals surface area contributed by atoms with Crippen LogP contribution in [0.15, 0.2) is 52.4 Å². The summed E-state index contributed by atoms with van der Waals surface area (Å²) in [7, 11) is 0. The SMILES string of the molecule is Cc1cnc(-n2cc(Cl)cc(C(C)(C)O)c2=O)cc1-n1c(C)cc(OCc2ncc(F)cc2F)c(Cl)c1=O. The lowest BCUT2D eigenvalue weighted by atomic mass is 10.0. The molecule has 4 aromatic heterocycles. The third-order valence-corrected chi connectivity index (χ3v) is 6.29. The highest BCUT2D eigenvalue weighted by Crippen LogP contribution is 2.27. The quantitative estimate of drug-likeness (QED) is 0.363. The average Bonchev–Trinajstić information content (AvgIpc) is 2.83.